The lowest BCUT2D eigenvalue weighted by Gasteiger charge is -2.20. The van der Waals surface area contributed by atoms with Gasteiger partial charge in [0.1, 0.15) is 0 Å². The van der Waals surface area contributed by atoms with E-state index in [2.05, 4.69) is 8.37 Å². The Kier molecular flexibility index (Phi) is 5.49. The average Bonchev–Trinajstić information content (AvgIpc) is 2.10. The smallest absolute Gasteiger partial charge is 0.265 e. The van der Waals surface area contributed by atoms with Gasteiger partial charge < -0.3 is 0 Å². The fourth-order valence-electron chi connectivity index (χ4n) is 0.684. The van der Waals surface area contributed by atoms with E-state index in [1.807, 2.05) is 0 Å². The van der Waals surface area contributed by atoms with Gasteiger partial charge in [0.2, 0.25) is 10.0 Å². The molecule has 6 nitrogen and oxygen atoms in total. The first-order valence-corrected chi connectivity index (χ1v) is 8.11. The molecule has 0 saturated heterocycles. The van der Waals surface area contributed by atoms with Crippen LogP contribution in [0.15, 0.2) is 0 Å². The van der Waals surface area contributed by atoms with Gasteiger partial charge in [-0.05, 0) is 34.6 Å². The standard InChI is InChI=1S/C9H18F2O6S2/c1-7(17-19(14,15)9(4,5)11)6-16-18(12,13)8(2,3)10/h7H,6H2,1-5H3. The predicted molar refractivity (Wildman–Crippen MR) is 64.7 cm³/mol. The summed E-state index contributed by atoms with van der Waals surface area (Å²) in [7, 11) is -9.05. The molecule has 0 saturated carbocycles. The maximum Gasteiger partial charge on any atom is 0.302 e. The molecule has 1 unspecified atom stereocenters. The van der Waals surface area contributed by atoms with Crippen LogP contribution in [0.25, 0.3) is 0 Å². The fourth-order valence-corrected chi connectivity index (χ4v) is 2.05. The molecule has 0 heterocycles. The van der Waals surface area contributed by atoms with E-state index >= 15 is 0 Å². The molecule has 0 spiro atoms. The van der Waals surface area contributed by atoms with Gasteiger partial charge in [-0.1, -0.05) is 0 Å². The fraction of sp³-hybridized carbons (Fsp3) is 1.00. The largest absolute Gasteiger partial charge is 0.302 e. The zero-order valence-corrected chi connectivity index (χ0v) is 12.9. The second-order valence-corrected chi connectivity index (χ2v) is 9.01. The van der Waals surface area contributed by atoms with E-state index in [1.165, 1.54) is 0 Å². The van der Waals surface area contributed by atoms with Crippen LogP contribution < -0.4 is 0 Å². The first kappa shape index (κ1) is 18.7. The first-order valence-electron chi connectivity index (χ1n) is 5.30. The number of rotatable bonds is 7. The summed E-state index contributed by atoms with van der Waals surface area (Å²) in [5.41, 5.74) is 0. The Hall–Kier alpha value is -0.320. The molecule has 0 aromatic carbocycles. The number of hydrogen-bond acceptors (Lipinski definition) is 6. The average molecular weight is 324 g/mol. The highest BCUT2D eigenvalue weighted by atomic mass is 32.2. The van der Waals surface area contributed by atoms with Crippen molar-refractivity contribution in [2.75, 3.05) is 6.61 Å². The number of halogens is 2. The molecule has 0 aromatic rings. The van der Waals surface area contributed by atoms with Gasteiger partial charge in [-0.15, -0.1) is 0 Å². The Morgan fingerprint density at radius 2 is 1.32 bits per heavy atom. The molecule has 116 valence electrons. The van der Waals surface area contributed by atoms with Gasteiger partial charge in [0.25, 0.3) is 0 Å². The van der Waals surface area contributed by atoms with E-state index in [1.54, 1.807) is 0 Å². The van der Waals surface area contributed by atoms with Crippen LogP contribution >= 0.6 is 0 Å². The molecule has 0 aliphatic carbocycles. The molecule has 1 atom stereocenters. The summed E-state index contributed by atoms with van der Waals surface area (Å²) in [6, 6.07) is 0. The van der Waals surface area contributed by atoms with Crippen molar-refractivity contribution >= 4 is 20.2 Å². The van der Waals surface area contributed by atoms with Gasteiger partial charge in [-0.2, -0.15) is 16.8 Å². The maximum absolute atomic E-state index is 13.3. The molecule has 0 rings (SSSR count). The summed E-state index contributed by atoms with van der Waals surface area (Å²) in [6.07, 6.45) is -1.28. The minimum absolute atomic E-state index is 0.745. The maximum atomic E-state index is 13.3. The minimum atomic E-state index is -4.54. The quantitative estimate of drug-likeness (QED) is 0.659. The lowest BCUT2D eigenvalue weighted by Crippen LogP contribution is -2.35. The van der Waals surface area contributed by atoms with Crippen molar-refractivity contribution in [3.05, 3.63) is 0 Å². The van der Waals surface area contributed by atoms with Crippen molar-refractivity contribution in [3.63, 3.8) is 0 Å². The van der Waals surface area contributed by atoms with Crippen molar-refractivity contribution in [1.29, 1.82) is 0 Å². The van der Waals surface area contributed by atoms with Crippen molar-refractivity contribution in [3.8, 4) is 0 Å². The SMILES string of the molecule is CC(COS(=O)(=O)C(C)(C)F)OS(=O)(=O)C(C)(C)F. The van der Waals surface area contributed by atoms with Crippen molar-refractivity contribution in [2.45, 2.75) is 50.7 Å². The van der Waals surface area contributed by atoms with Gasteiger partial charge in [0.05, 0.1) is 12.7 Å². The zero-order valence-electron chi connectivity index (χ0n) is 11.3. The summed E-state index contributed by atoms with van der Waals surface area (Å²) in [5, 5.41) is -5.27. The summed E-state index contributed by atoms with van der Waals surface area (Å²) in [5.74, 6) is 0. The Morgan fingerprint density at radius 1 is 0.947 bits per heavy atom. The first-order chi connectivity index (χ1) is 8.10. The predicted octanol–water partition coefficient (Wildman–Crippen LogP) is 1.48. The molecule has 0 fully saturated rings. The Balaban J connectivity index is 4.66. The third kappa shape index (κ3) is 5.28. The monoisotopic (exact) mass is 324 g/mol. The molecular formula is C9H18F2O6S2. The third-order valence-electron chi connectivity index (χ3n) is 1.94. The Bertz CT molecular complexity index is 498. The Labute approximate surface area is 112 Å². The molecule has 0 N–H and O–H groups in total. The van der Waals surface area contributed by atoms with E-state index in [0.717, 1.165) is 34.6 Å². The van der Waals surface area contributed by atoms with E-state index in [9.17, 15) is 25.6 Å². The van der Waals surface area contributed by atoms with E-state index in [4.69, 9.17) is 0 Å². The van der Waals surface area contributed by atoms with Gasteiger partial charge in [-0.25, -0.2) is 8.78 Å². The van der Waals surface area contributed by atoms with E-state index < -0.39 is 42.9 Å². The van der Waals surface area contributed by atoms with Crippen LogP contribution in [0.4, 0.5) is 8.78 Å². The molecule has 19 heavy (non-hydrogen) atoms. The van der Waals surface area contributed by atoms with Crippen LogP contribution in [0.1, 0.15) is 34.6 Å². The topological polar surface area (TPSA) is 86.7 Å². The van der Waals surface area contributed by atoms with E-state index in [-0.39, 0.29) is 0 Å². The normalized spacial score (nSPS) is 16.4. The molecule has 0 aromatic heterocycles. The van der Waals surface area contributed by atoms with Gasteiger partial charge in [0.15, 0.2) is 0 Å². The molecule has 0 amide bonds. The summed E-state index contributed by atoms with van der Waals surface area (Å²) < 4.78 is 80.3. The highest BCUT2D eigenvalue weighted by Crippen LogP contribution is 2.23. The van der Waals surface area contributed by atoms with Gasteiger partial charge in [0, 0.05) is 0 Å². The Morgan fingerprint density at radius 3 is 1.63 bits per heavy atom. The molecule has 0 aliphatic heterocycles. The lowest BCUT2D eigenvalue weighted by molar-refractivity contribution is 0.130. The van der Waals surface area contributed by atoms with Crippen LogP contribution in [-0.4, -0.2) is 39.5 Å². The molecule has 0 bridgehead atoms. The number of hydrogen-bond donors (Lipinski definition) is 0. The van der Waals surface area contributed by atoms with Crippen LogP contribution in [0.2, 0.25) is 0 Å². The van der Waals surface area contributed by atoms with Crippen LogP contribution in [0.5, 0.6) is 0 Å². The molecular weight excluding hydrogens is 306 g/mol. The van der Waals surface area contributed by atoms with Crippen LogP contribution in [0.3, 0.4) is 0 Å². The van der Waals surface area contributed by atoms with Crippen LogP contribution in [0, 0.1) is 0 Å². The minimum Gasteiger partial charge on any atom is -0.265 e. The lowest BCUT2D eigenvalue weighted by atomic mass is 10.5. The van der Waals surface area contributed by atoms with Crippen molar-refractivity contribution in [1.82, 2.24) is 0 Å². The summed E-state index contributed by atoms with van der Waals surface area (Å²) in [4.78, 5) is 0. The number of alkyl halides is 2. The highest BCUT2D eigenvalue weighted by molar-refractivity contribution is 7.88. The van der Waals surface area contributed by atoms with Crippen molar-refractivity contribution in [2.24, 2.45) is 0 Å². The second-order valence-electron chi connectivity index (χ2n) is 4.83. The van der Waals surface area contributed by atoms with Gasteiger partial charge >= 0.3 is 20.2 Å². The summed E-state index contributed by atoms with van der Waals surface area (Å²) in [6.45, 7) is 3.51. The summed E-state index contributed by atoms with van der Waals surface area (Å²) >= 11 is 0. The molecule has 10 heteroatoms. The van der Waals surface area contributed by atoms with Gasteiger partial charge in [-0.3, -0.25) is 8.37 Å². The molecule has 0 aliphatic rings. The highest BCUT2D eigenvalue weighted by Gasteiger charge is 2.38. The van der Waals surface area contributed by atoms with E-state index in [0.29, 0.717) is 0 Å². The van der Waals surface area contributed by atoms with Crippen molar-refractivity contribution < 1.29 is 34.0 Å². The zero-order chi connectivity index (χ0) is 15.7. The molecule has 0 radical (unpaired) electrons. The third-order valence-corrected chi connectivity index (χ3v) is 5.34. The van der Waals surface area contributed by atoms with Crippen LogP contribution in [-0.2, 0) is 28.6 Å². The second kappa shape index (κ2) is 5.58.